The van der Waals surface area contributed by atoms with Crippen molar-refractivity contribution < 1.29 is 4.43 Å². The molecule has 0 saturated heterocycles. The molecule has 3 aromatic carbocycles. The maximum absolute atomic E-state index is 6.92. The highest BCUT2D eigenvalue weighted by Gasteiger charge is 2.40. The van der Waals surface area contributed by atoms with Crippen LogP contribution in [0.4, 0.5) is 0 Å². The van der Waals surface area contributed by atoms with Gasteiger partial charge in [0.05, 0.1) is 0 Å². The Bertz CT molecular complexity index is 665. The molecule has 0 radical (unpaired) electrons. The van der Waals surface area contributed by atoms with Crippen LogP contribution in [0.2, 0.25) is 19.6 Å². The van der Waals surface area contributed by atoms with Gasteiger partial charge in [-0.25, -0.2) is 0 Å². The Kier molecular flexibility index (Phi) is 4.70. The van der Waals surface area contributed by atoms with E-state index in [1.54, 1.807) is 0 Å². The maximum atomic E-state index is 6.92. The lowest BCUT2D eigenvalue weighted by molar-refractivity contribution is 0.147. The normalized spacial score (nSPS) is 12.1. The summed E-state index contributed by atoms with van der Waals surface area (Å²) in [5, 5.41) is 0. The number of rotatable bonds is 5. The van der Waals surface area contributed by atoms with Crippen LogP contribution in [0, 0.1) is 0 Å². The lowest BCUT2D eigenvalue weighted by atomic mass is 9.80. The van der Waals surface area contributed by atoms with Crippen molar-refractivity contribution in [2.24, 2.45) is 0 Å². The first kappa shape index (κ1) is 16.7. The number of hydrogen-bond acceptors (Lipinski definition) is 1. The second-order valence-electron chi connectivity index (χ2n) is 6.99. The zero-order valence-electron chi connectivity index (χ0n) is 14.6. The number of hydrogen-bond donors (Lipinski definition) is 0. The Balaban J connectivity index is 2.33. The molecule has 3 aromatic rings. The van der Waals surface area contributed by atoms with E-state index in [9.17, 15) is 0 Å². The van der Waals surface area contributed by atoms with E-state index < -0.39 is 13.9 Å². The fraction of sp³-hybridized carbons (Fsp3) is 0.182. The van der Waals surface area contributed by atoms with Crippen LogP contribution in [0.25, 0.3) is 0 Å². The molecule has 0 aromatic heterocycles. The van der Waals surface area contributed by atoms with Crippen molar-refractivity contribution in [3.8, 4) is 0 Å². The highest BCUT2D eigenvalue weighted by atomic mass is 28.4. The fourth-order valence-electron chi connectivity index (χ4n) is 3.15. The topological polar surface area (TPSA) is 9.23 Å². The van der Waals surface area contributed by atoms with Gasteiger partial charge < -0.3 is 4.43 Å². The van der Waals surface area contributed by atoms with Crippen molar-refractivity contribution >= 4 is 8.32 Å². The first-order valence-electron chi connectivity index (χ1n) is 8.39. The van der Waals surface area contributed by atoms with Gasteiger partial charge in [0.1, 0.15) is 5.60 Å². The Morgan fingerprint density at radius 3 is 1.08 bits per heavy atom. The van der Waals surface area contributed by atoms with Crippen LogP contribution in [0.1, 0.15) is 16.7 Å². The van der Waals surface area contributed by atoms with Gasteiger partial charge in [-0.2, -0.15) is 0 Å². The Hall–Kier alpha value is -2.16. The van der Waals surface area contributed by atoms with Gasteiger partial charge in [-0.1, -0.05) is 91.0 Å². The molecule has 1 nitrogen and oxygen atoms in total. The van der Waals surface area contributed by atoms with Crippen molar-refractivity contribution in [1.82, 2.24) is 0 Å². The molecule has 0 aliphatic carbocycles. The standard InChI is InChI=1S/C22H24OSi/c1-24(2,3)23-22(19-13-7-4-8-14-19,20-15-9-5-10-16-20)21-17-11-6-12-18-21/h4-18H,1-3H3. The zero-order chi connectivity index (χ0) is 17.0. The van der Waals surface area contributed by atoms with Crippen LogP contribution in [0.5, 0.6) is 0 Å². The third-order valence-electron chi connectivity index (χ3n) is 4.00. The minimum Gasteiger partial charge on any atom is -0.400 e. The van der Waals surface area contributed by atoms with Gasteiger partial charge in [-0.3, -0.25) is 0 Å². The van der Waals surface area contributed by atoms with E-state index in [-0.39, 0.29) is 0 Å². The molecular formula is C22H24OSi. The zero-order valence-corrected chi connectivity index (χ0v) is 15.6. The molecule has 122 valence electrons. The third kappa shape index (κ3) is 3.35. The minimum absolute atomic E-state index is 0.575. The maximum Gasteiger partial charge on any atom is 0.185 e. The molecule has 0 saturated carbocycles. The second-order valence-corrected chi connectivity index (χ2v) is 11.4. The van der Waals surface area contributed by atoms with Gasteiger partial charge >= 0.3 is 0 Å². The van der Waals surface area contributed by atoms with Crippen molar-refractivity contribution in [3.05, 3.63) is 108 Å². The molecule has 0 unspecified atom stereocenters. The van der Waals surface area contributed by atoms with Crippen LogP contribution in [0.15, 0.2) is 91.0 Å². The van der Waals surface area contributed by atoms with Gasteiger partial charge in [-0.05, 0) is 36.3 Å². The van der Waals surface area contributed by atoms with E-state index in [1.165, 1.54) is 16.7 Å². The van der Waals surface area contributed by atoms with E-state index in [0.717, 1.165) is 0 Å². The van der Waals surface area contributed by atoms with E-state index in [2.05, 4.69) is 111 Å². The van der Waals surface area contributed by atoms with Gasteiger partial charge in [0.15, 0.2) is 8.32 Å². The Morgan fingerprint density at radius 2 is 0.833 bits per heavy atom. The van der Waals surface area contributed by atoms with Crippen molar-refractivity contribution in [1.29, 1.82) is 0 Å². The SMILES string of the molecule is C[Si](C)(C)OC(c1ccccc1)(c1ccccc1)c1ccccc1. The summed E-state index contributed by atoms with van der Waals surface area (Å²) in [7, 11) is -1.84. The van der Waals surface area contributed by atoms with Gasteiger partial charge in [0.25, 0.3) is 0 Å². The highest BCUT2D eigenvalue weighted by molar-refractivity contribution is 6.69. The molecule has 24 heavy (non-hydrogen) atoms. The monoisotopic (exact) mass is 332 g/mol. The molecule has 0 aliphatic heterocycles. The van der Waals surface area contributed by atoms with Gasteiger partial charge in [-0.15, -0.1) is 0 Å². The summed E-state index contributed by atoms with van der Waals surface area (Å²) in [6.45, 7) is 6.74. The molecule has 0 aliphatic rings. The number of benzene rings is 3. The van der Waals surface area contributed by atoms with Crippen molar-refractivity contribution in [2.45, 2.75) is 25.2 Å². The summed E-state index contributed by atoms with van der Waals surface area (Å²) in [6.07, 6.45) is 0. The Morgan fingerprint density at radius 1 is 0.542 bits per heavy atom. The quantitative estimate of drug-likeness (QED) is 0.422. The van der Waals surface area contributed by atoms with Crippen molar-refractivity contribution in [3.63, 3.8) is 0 Å². The predicted molar refractivity (Wildman–Crippen MR) is 104 cm³/mol. The summed E-state index contributed by atoms with van der Waals surface area (Å²) in [4.78, 5) is 0. The molecular weight excluding hydrogens is 308 g/mol. The van der Waals surface area contributed by atoms with E-state index >= 15 is 0 Å². The molecule has 0 atom stereocenters. The molecule has 0 N–H and O–H groups in total. The molecule has 0 spiro atoms. The lowest BCUT2D eigenvalue weighted by Crippen LogP contribution is -2.42. The average molecular weight is 333 g/mol. The molecule has 2 heteroatoms. The highest BCUT2D eigenvalue weighted by Crippen LogP contribution is 2.42. The summed E-state index contributed by atoms with van der Waals surface area (Å²) in [6, 6.07) is 31.7. The summed E-state index contributed by atoms with van der Waals surface area (Å²) in [5.74, 6) is 0. The van der Waals surface area contributed by atoms with Crippen LogP contribution >= 0.6 is 0 Å². The lowest BCUT2D eigenvalue weighted by Gasteiger charge is -2.41. The van der Waals surface area contributed by atoms with E-state index in [0.29, 0.717) is 0 Å². The summed E-state index contributed by atoms with van der Waals surface area (Å²) < 4.78 is 6.92. The molecule has 0 fully saturated rings. The van der Waals surface area contributed by atoms with E-state index in [4.69, 9.17) is 4.43 Å². The average Bonchev–Trinajstić information content (AvgIpc) is 2.61. The van der Waals surface area contributed by atoms with Crippen LogP contribution < -0.4 is 0 Å². The molecule has 3 rings (SSSR count). The molecule has 0 heterocycles. The fourth-order valence-corrected chi connectivity index (χ4v) is 4.43. The van der Waals surface area contributed by atoms with Crippen molar-refractivity contribution in [2.75, 3.05) is 0 Å². The Labute approximate surface area is 146 Å². The summed E-state index contributed by atoms with van der Waals surface area (Å²) >= 11 is 0. The summed E-state index contributed by atoms with van der Waals surface area (Å²) in [5.41, 5.74) is 2.94. The molecule has 0 amide bonds. The minimum atomic E-state index is -1.84. The molecule has 0 bridgehead atoms. The third-order valence-corrected chi connectivity index (χ3v) is 4.92. The van der Waals surface area contributed by atoms with Crippen LogP contribution in [0.3, 0.4) is 0 Å². The predicted octanol–water partition coefficient (Wildman–Crippen LogP) is 5.83. The largest absolute Gasteiger partial charge is 0.400 e. The van der Waals surface area contributed by atoms with Crippen LogP contribution in [-0.4, -0.2) is 8.32 Å². The smallest absolute Gasteiger partial charge is 0.185 e. The van der Waals surface area contributed by atoms with Crippen LogP contribution in [-0.2, 0) is 10.0 Å². The van der Waals surface area contributed by atoms with E-state index in [1.807, 2.05) is 0 Å². The van der Waals surface area contributed by atoms with Gasteiger partial charge in [0.2, 0.25) is 0 Å². The van der Waals surface area contributed by atoms with Gasteiger partial charge in [0, 0.05) is 0 Å². The first-order chi connectivity index (χ1) is 11.5. The second kappa shape index (κ2) is 6.76. The first-order valence-corrected chi connectivity index (χ1v) is 11.8.